The van der Waals surface area contributed by atoms with Crippen molar-refractivity contribution in [3.63, 3.8) is 0 Å². The van der Waals surface area contributed by atoms with Gasteiger partial charge in [-0.15, -0.1) is 0 Å². The monoisotopic (exact) mass is 596 g/mol. The molecule has 15 heteroatoms. The molecule has 1 saturated carbocycles. The Morgan fingerprint density at radius 1 is 1.10 bits per heavy atom. The molecule has 1 saturated heterocycles. The molecule has 1 aliphatic carbocycles. The van der Waals surface area contributed by atoms with Crippen molar-refractivity contribution >= 4 is 21.7 Å². The van der Waals surface area contributed by atoms with Crippen LogP contribution in [0.1, 0.15) is 31.3 Å². The van der Waals surface area contributed by atoms with Crippen molar-refractivity contribution in [2.45, 2.75) is 48.8 Å². The van der Waals surface area contributed by atoms with E-state index >= 15 is 0 Å². The molecule has 4 atom stereocenters. The fourth-order valence-electron chi connectivity index (χ4n) is 5.00. The average Bonchev–Trinajstić information content (AvgIpc) is 3.20. The van der Waals surface area contributed by atoms with E-state index in [1.54, 1.807) is 0 Å². The zero-order chi connectivity index (χ0) is 29.5. The van der Waals surface area contributed by atoms with Gasteiger partial charge in [-0.2, -0.15) is 13.2 Å². The number of carbonyl (C=O) groups is 1. The molecule has 3 heterocycles. The highest BCUT2D eigenvalue weighted by molar-refractivity contribution is 7.92. The summed E-state index contributed by atoms with van der Waals surface area (Å²) in [5.74, 6) is -4.53. The first kappa shape index (κ1) is 28.8. The molecule has 1 aliphatic heterocycles. The van der Waals surface area contributed by atoms with Gasteiger partial charge in [0, 0.05) is 37.0 Å². The summed E-state index contributed by atoms with van der Waals surface area (Å²) in [6, 6.07) is 5.60. The minimum Gasteiger partial charge on any atom is -0.350 e. The highest BCUT2D eigenvalue weighted by Crippen LogP contribution is 2.41. The third-order valence-electron chi connectivity index (χ3n) is 7.35. The number of hydrogen-bond acceptors (Lipinski definition) is 8. The van der Waals surface area contributed by atoms with Gasteiger partial charge in [0.2, 0.25) is 17.7 Å². The Hall–Kier alpha value is -3.75. The SMILES string of the molecule is C[C@@H]1C(S(=O)(=O)c2ccc(F)cc2)[C@H](C(=O)NCc2cc(-c3cnc(C(F)(F)F)nc3)nc(N3CCC3)n2)C[C@H]1F. The van der Waals surface area contributed by atoms with Crippen LogP contribution in [0.25, 0.3) is 11.3 Å². The molecule has 0 radical (unpaired) electrons. The number of aromatic nitrogens is 4. The van der Waals surface area contributed by atoms with Crippen LogP contribution in [-0.4, -0.2) is 58.8 Å². The van der Waals surface area contributed by atoms with Gasteiger partial charge in [-0.05, 0) is 43.2 Å². The fourth-order valence-corrected chi connectivity index (χ4v) is 7.23. The van der Waals surface area contributed by atoms with Crippen LogP contribution in [-0.2, 0) is 27.4 Å². The molecule has 9 nitrogen and oxygen atoms in total. The molecule has 1 aromatic carbocycles. The molecule has 2 fully saturated rings. The lowest BCUT2D eigenvalue weighted by atomic mass is 10.0. The summed E-state index contributed by atoms with van der Waals surface area (Å²) >= 11 is 0. The van der Waals surface area contributed by atoms with Crippen LogP contribution in [0.3, 0.4) is 0 Å². The highest BCUT2D eigenvalue weighted by atomic mass is 32.2. The van der Waals surface area contributed by atoms with E-state index in [9.17, 15) is 35.2 Å². The topological polar surface area (TPSA) is 118 Å². The summed E-state index contributed by atoms with van der Waals surface area (Å²) < 4.78 is 93.6. The van der Waals surface area contributed by atoms with Crippen molar-refractivity contribution in [1.29, 1.82) is 0 Å². The Bertz CT molecular complexity index is 1530. The van der Waals surface area contributed by atoms with Gasteiger partial charge in [0.25, 0.3) is 0 Å². The van der Waals surface area contributed by atoms with Crippen LogP contribution < -0.4 is 10.2 Å². The van der Waals surface area contributed by atoms with Crippen molar-refractivity contribution in [2.24, 2.45) is 11.8 Å². The number of carbonyl (C=O) groups excluding carboxylic acids is 1. The largest absolute Gasteiger partial charge is 0.451 e. The number of hydrogen-bond donors (Lipinski definition) is 1. The second-order valence-electron chi connectivity index (χ2n) is 10.1. The molecule has 218 valence electrons. The molecule has 3 aromatic rings. The van der Waals surface area contributed by atoms with E-state index in [0.717, 1.165) is 43.1 Å². The molecular formula is C26H25F5N6O3S. The van der Waals surface area contributed by atoms with E-state index in [2.05, 4.69) is 25.3 Å². The average molecular weight is 597 g/mol. The molecule has 1 amide bonds. The van der Waals surface area contributed by atoms with Crippen molar-refractivity contribution < 1.29 is 35.2 Å². The summed E-state index contributed by atoms with van der Waals surface area (Å²) in [6.07, 6.45) is -3.68. The third-order valence-corrected chi connectivity index (χ3v) is 9.76. The van der Waals surface area contributed by atoms with Crippen LogP contribution in [0.5, 0.6) is 0 Å². The van der Waals surface area contributed by atoms with E-state index < -0.39 is 56.8 Å². The Kier molecular flexibility index (Phi) is 7.66. The lowest BCUT2D eigenvalue weighted by Gasteiger charge is -2.31. The molecule has 2 aliphatic rings. The highest BCUT2D eigenvalue weighted by Gasteiger charge is 2.51. The van der Waals surface area contributed by atoms with Gasteiger partial charge in [-0.1, -0.05) is 6.92 Å². The van der Waals surface area contributed by atoms with E-state index in [1.165, 1.54) is 13.0 Å². The molecule has 5 rings (SSSR count). The number of halogens is 5. The minimum atomic E-state index is -4.71. The number of sulfone groups is 1. The second-order valence-corrected chi connectivity index (χ2v) is 12.2. The van der Waals surface area contributed by atoms with Gasteiger partial charge in [0.1, 0.15) is 12.0 Å². The number of amides is 1. The van der Waals surface area contributed by atoms with Crippen LogP contribution in [0.4, 0.5) is 27.9 Å². The predicted molar refractivity (Wildman–Crippen MR) is 136 cm³/mol. The zero-order valence-electron chi connectivity index (χ0n) is 21.6. The van der Waals surface area contributed by atoms with Crippen molar-refractivity contribution in [3.8, 4) is 11.3 Å². The summed E-state index contributed by atoms with van der Waals surface area (Å²) in [4.78, 5) is 30.5. The Labute approximate surface area is 232 Å². The normalized spacial score (nSPS) is 22.8. The first-order chi connectivity index (χ1) is 19.3. The lowest BCUT2D eigenvalue weighted by molar-refractivity contribution is -0.145. The van der Waals surface area contributed by atoms with Gasteiger partial charge in [0.15, 0.2) is 9.84 Å². The molecule has 1 N–H and O–H groups in total. The molecule has 0 bridgehead atoms. The maximum atomic E-state index is 14.8. The quantitative estimate of drug-likeness (QED) is 0.324. The summed E-state index contributed by atoms with van der Waals surface area (Å²) in [5.41, 5.74) is 0.728. The Balaban J connectivity index is 1.38. The van der Waals surface area contributed by atoms with E-state index in [1.807, 2.05) is 4.90 Å². The van der Waals surface area contributed by atoms with Gasteiger partial charge in [-0.3, -0.25) is 4.79 Å². The fraction of sp³-hybridized carbons (Fsp3) is 0.423. The van der Waals surface area contributed by atoms with Gasteiger partial charge in [-0.25, -0.2) is 37.1 Å². The Morgan fingerprint density at radius 2 is 1.76 bits per heavy atom. The van der Waals surface area contributed by atoms with Gasteiger partial charge < -0.3 is 10.2 Å². The molecule has 41 heavy (non-hydrogen) atoms. The molecule has 2 aromatic heterocycles. The standard InChI is InChI=1S/C26H25F5N6O3S/c1-14-20(28)10-19(22(14)41(39,40)18-5-3-16(27)4-6-18)23(38)32-13-17-9-21(36-25(35-17)37-7-2-8-37)15-11-33-24(34-12-15)26(29,30)31/h3-6,9,11-12,14,19-20,22H,2,7-8,10,13H2,1H3,(H,32,38)/t14-,19+,20+,22?/m0/s1. The number of benzene rings is 1. The molecular weight excluding hydrogens is 571 g/mol. The lowest BCUT2D eigenvalue weighted by Crippen LogP contribution is -2.40. The van der Waals surface area contributed by atoms with Crippen LogP contribution >= 0.6 is 0 Å². The summed E-state index contributed by atoms with van der Waals surface area (Å²) in [6.45, 7) is 2.58. The number of rotatable bonds is 7. The second kappa shape index (κ2) is 10.9. The maximum Gasteiger partial charge on any atom is 0.451 e. The number of nitrogens with zero attached hydrogens (tertiary/aromatic N) is 5. The maximum absolute atomic E-state index is 14.8. The number of anilines is 1. The van der Waals surface area contributed by atoms with Gasteiger partial charge in [0.05, 0.1) is 34.0 Å². The minimum absolute atomic E-state index is 0.179. The first-order valence-corrected chi connectivity index (χ1v) is 14.3. The van der Waals surface area contributed by atoms with E-state index in [0.29, 0.717) is 24.7 Å². The predicted octanol–water partition coefficient (Wildman–Crippen LogP) is 3.75. The van der Waals surface area contributed by atoms with E-state index in [-0.39, 0.29) is 29.1 Å². The zero-order valence-corrected chi connectivity index (χ0v) is 22.5. The smallest absolute Gasteiger partial charge is 0.350 e. The van der Waals surface area contributed by atoms with Crippen molar-refractivity contribution in [2.75, 3.05) is 18.0 Å². The third kappa shape index (κ3) is 5.85. The summed E-state index contributed by atoms with van der Waals surface area (Å²) in [7, 11) is -4.18. The first-order valence-electron chi connectivity index (χ1n) is 12.8. The van der Waals surface area contributed by atoms with Crippen LogP contribution in [0.2, 0.25) is 0 Å². The van der Waals surface area contributed by atoms with Crippen molar-refractivity contribution in [1.82, 2.24) is 25.3 Å². The Morgan fingerprint density at radius 3 is 2.34 bits per heavy atom. The summed E-state index contributed by atoms with van der Waals surface area (Å²) in [5, 5.41) is 1.27. The van der Waals surface area contributed by atoms with Crippen LogP contribution in [0, 0.1) is 17.7 Å². The number of alkyl halides is 4. The van der Waals surface area contributed by atoms with E-state index in [4.69, 9.17) is 0 Å². The molecule has 1 unspecified atom stereocenters. The molecule has 0 spiro atoms. The van der Waals surface area contributed by atoms with Gasteiger partial charge >= 0.3 is 6.18 Å². The van der Waals surface area contributed by atoms with Crippen LogP contribution in [0.15, 0.2) is 47.6 Å². The van der Waals surface area contributed by atoms with Crippen molar-refractivity contribution in [3.05, 3.63) is 60.1 Å². The number of nitrogens with one attached hydrogen (secondary N) is 1.